The normalized spacial score (nSPS) is 15.5. The van der Waals surface area contributed by atoms with Gasteiger partial charge in [0.25, 0.3) is 0 Å². The molecule has 1 heterocycles. The molecule has 0 radical (unpaired) electrons. The third-order valence-electron chi connectivity index (χ3n) is 4.35. The maximum atomic E-state index is 6.16. The number of piperidine rings is 1. The fourth-order valence-electron chi connectivity index (χ4n) is 3.02. The highest BCUT2D eigenvalue weighted by Gasteiger charge is 2.21. The number of nitrogens with zero attached hydrogens (tertiary/aromatic N) is 1. The second-order valence-electron chi connectivity index (χ2n) is 6.03. The maximum Gasteiger partial charge on any atom is 0.122 e. The Kier molecular flexibility index (Phi) is 4.60. The van der Waals surface area contributed by atoms with Crippen molar-refractivity contribution in [3.05, 3.63) is 48.0 Å². The third-order valence-corrected chi connectivity index (χ3v) is 4.35. The fraction of sp³-hybridized carbons (Fsp3) is 0.368. The SMILES string of the molecule is COc1cccc(N2CCC(Oc3ccc(N)cc3C)CC2)c1. The van der Waals surface area contributed by atoms with Crippen molar-refractivity contribution in [2.45, 2.75) is 25.9 Å². The fourth-order valence-corrected chi connectivity index (χ4v) is 3.02. The van der Waals surface area contributed by atoms with Crippen molar-refractivity contribution in [2.75, 3.05) is 30.8 Å². The van der Waals surface area contributed by atoms with E-state index in [2.05, 4.69) is 17.0 Å². The van der Waals surface area contributed by atoms with E-state index in [4.69, 9.17) is 15.2 Å². The van der Waals surface area contributed by atoms with Gasteiger partial charge in [0.05, 0.1) is 7.11 Å². The van der Waals surface area contributed by atoms with Crippen molar-refractivity contribution < 1.29 is 9.47 Å². The van der Waals surface area contributed by atoms with E-state index in [0.29, 0.717) is 0 Å². The highest BCUT2D eigenvalue weighted by molar-refractivity contribution is 5.51. The number of hydrogen-bond acceptors (Lipinski definition) is 4. The quantitative estimate of drug-likeness (QED) is 0.876. The molecule has 0 spiro atoms. The standard InChI is InChI=1S/C19H24N2O2/c1-14-12-15(20)6-7-19(14)23-17-8-10-21(11-9-17)16-4-3-5-18(13-16)22-2/h3-7,12-13,17H,8-11,20H2,1-2H3. The van der Waals surface area contributed by atoms with Gasteiger partial charge in [0.15, 0.2) is 0 Å². The first-order chi connectivity index (χ1) is 11.2. The average molecular weight is 312 g/mol. The largest absolute Gasteiger partial charge is 0.497 e. The number of nitrogens with two attached hydrogens (primary N) is 1. The molecule has 0 atom stereocenters. The smallest absolute Gasteiger partial charge is 0.122 e. The van der Waals surface area contributed by atoms with Crippen LogP contribution in [-0.4, -0.2) is 26.3 Å². The summed E-state index contributed by atoms with van der Waals surface area (Å²) in [5, 5.41) is 0. The lowest BCUT2D eigenvalue weighted by Gasteiger charge is -2.34. The highest BCUT2D eigenvalue weighted by atomic mass is 16.5. The van der Waals surface area contributed by atoms with Crippen molar-refractivity contribution in [3.63, 3.8) is 0 Å². The van der Waals surface area contributed by atoms with Crippen LogP contribution >= 0.6 is 0 Å². The molecule has 4 nitrogen and oxygen atoms in total. The van der Waals surface area contributed by atoms with E-state index < -0.39 is 0 Å². The number of ether oxygens (including phenoxy) is 2. The van der Waals surface area contributed by atoms with Crippen LogP contribution < -0.4 is 20.1 Å². The third kappa shape index (κ3) is 3.70. The van der Waals surface area contributed by atoms with Gasteiger partial charge in [-0.1, -0.05) is 6.07 Å². The molecular weight excluding hydrogens is 288 g/mol. The minimum Gasteiger partial charge on any atom is -0.497 e. The van der Waals surface area contributed by atoms with Crippen molar-refractivity contribution in [1.82, 2.24) is 0 Å². The van der Waals surface area contributed by atoms with E-state index in [9.17, 15) is 0 Å². The Labute approximate surface area is 137 Å². The highest BCUT2D eigenvalue weighted by Crippen LogP contribution is 2.27. The van der Waals surface area contributed by atoms with Crippen LogP contribution in [0.5, 0.6) is 11.5 Å². The van der Waals surface area contributed by atoms with Crippen LogP contribution in [0, 0.1) is 6.92 Å². The van der Waals surface area contributed by atoms with E-state index in [1.54, 1.807) is 7.11 Å². The molecule has 1 aliphatic heterocycles. The van der Waals surface area contributed by atoms with Gasteiger partial charge in [-0.15, -0.1) is 0 Å². The first-order valence-corrected chi connectivity index (χ1v) is 8.07. The summed E-state index contributed by atoms with van der Waals surface area (Å²) in [7, 11) is 1.70. The number of anilines is 2. The predicted molar refractivity (Wildman–Crippen MR) is 94.4 cm³/mol. The van der Waals surface area contributed by atoms with E-state index in [0.717, 1.165) is 48.7 Å². The zero-order valence-electron chi connectivity index (χ0n) is 13.8. The second kappa shape index (κ2) is 6.82. The van der Waals surface area contributed by atoms with Crippen LogP contribution in [0.3, 0.4) is 0 Å². The topological polar surface area (TPSA) is 47.7 Å². The molecule has 0 bridgehead atoms. The molecule has 4 heteroatoms. The van der Waals surface area contributed by atoms with Gasteiger partial charge in [-0.2, -0.15) is 0 Å². The summed E-state index contributed by atoms with van der Waals surface area (Å²) in [6.07, 6.45) is 2.29. The Morgan fingerprint density at radius 2 is 1.87 bits per heavy atom. The van der Waals surface area contributed by atoms with Gasteiger partial charge >= 0.3 is 0 Å². The lowest BCUT2D eigenvalue weighted by atomic mass is 10.1. The summed E-state index contributed by atoms with van der Waals surface area (Å²) in [5.74, 6) is 1.84. The lowest BCUT2D eigenvalue weighted by molar-refractivity contribution is 0.170. The first-order valence-electron chi connectivity index (χ1n) is 8.07. The maximum absolute atomic E-state index is 6.16. The van der Waals surface area contributed by atoms with Gasteiger partial charge in [0, 0.05) is 43.4 Å². The molecule has 0 aromatic heterocycles. The van der Waals surface area contributed by atoms with Gasteiger partial charge in [-0.05, 0) is 42.8 Å². The Morgan fingerprint density at radius 3 is 2.57 bits per heavy atom. The molecule has 0 unspecified atom stereocenters. The van der Waals surface area contributed by atoms with Crippen LogP contribution in [0.25, 0.3) is 0 Å². The number of benzene rings is 2. The number of methoxy groups -OCH3 is 1. The van der Waals surface area contributed by atoms with Crippen LogP contribution in [0.15, 0.2) is 42.5 Å². The van der Waals surface area contributed by atoms with Crippen molar-refractivity contribution >= 4 is 11.4 Å². The minimum atomic E-state index is 0.263. The molecule has 122 valence electrons. The molecule has 0 saturated carbocycles. The molecular formula is C19H24N2O2. The van der Waals surface area contributed by atoms with E-state index in [1.807, 2.05) is 37.3 Å². The predicted octanol–water partition coefficient (Wildman–Crippen LogP) is 3.63. The second-order valence-corrected chi connectivity index (χ2v) is 6.03. The zero-order valence-corrected chi connectivity index (χ0v) is 13.8. The Bertz CT molecular complexity index is 664. The monoisotopic (exact) mass is 312 g/mol. The Hall–Kier alpha value is -2.36. The molecule has 23 heavy (non-hydrogen) atoms. The summed E-state index contributed by atoms with van der Waals surface area (Å²) < 4.78 is 11.5. The number of aryl methyl sites for hydroxylation is 1. The summed E-state index contributed by atoms with van der Waals surface area (Å²) in [6.45, 7) is 4.02. The molecule has 2 aromatic rings. The first kappa shape index (κ1) is 15.5. The van der Waals surface area contributed by atoms with Crippen LogP contribution in [-0.2, 0) is 0 Å². The molecule has 1 fully saturated rings. The van der Waals surface area contributed by atoms with Crippen molar-refractivity contribution in [2.24, 2.45) is 0 Å². The summed E-state index contributed by atoms with van der Waals surface area (Å²) in [6, 6.07) is 14.1. The molecule has 1 saturated heterocycles. The van der Waals surface area contributed by atoms with Gasteiger partial charge < -0.3 is 20.1 Å². The summed E-state index contributed by atoms with van der Waals surface area (Å²) in [5.41, 5.74) is 8.89. The van der Waals surface area contributed by atoms with Gasteiger partial charge in [-0.3, -0.25) is 0 Å². The minimum absolute atomic E-state index is 0.263. The van der Waals surface area contributed by atoms with Crippen molar-refractivity contribution in [1.29, 1.82) is 0 Å². The van der Waals surface area contributed by atoms with Gasteiger partial charge in [0.2, 0.25) is 0 Å². The number of nitrogen functional groups attached to an aromatic ring is 1. The average Bonchev–Trinajstić information content (AvgIpc) is 2.58. The summed E-state index contributed by atoms with van der Waals surface area (Å²) >= 11 is 0. The van der Waals surface area contributed by atoms with Crippen LogP contribution in [0.1, 0.15) is 18.4 Å². The molecule has 0 aliphatic carbocycles. The molecule has 2 aromatic carbocycles. The van der Waals surface area contributed by atoms with E-state index >= 15 is 0 Å². The number of rotatable bonds is 4. The Balaban J connectivity index is 1.59. The molecule has 3 rings (SSSR count). The van der Waals surface area contributed by atoms with Gasteiger partial charge in [-0.25, -0.2) is 0 Å². The van der Waals surface area contributed by atoms with Crippen LogP contribution in [0.4, 0.5) is 11.4 Å². The molecule has 2 N–H and O–H groups in total. The molecule has 0 amide bonds. The van der Waals surface area contributed by atoms with E-state index in [1.165, 1.54) is 5.69 Å². The van der Waals surface area contributed by atoms with Crippen LogP contribution in [0.2, 0.25) is 0 Å². The van der Waals surface area contributed by atoms with Gasteiger partial charge in [0.1, 0.15) is 17.6 Å². The summed E-state index contributed by atoms with van der Waals surface area (Å²) in [4.78, 5) is 2.39. The lowest BCUT2D eigenvalue weighted by Crippen LogP contribution is -2.38. The number of hydrogen-bond donors (Lipinski definition) is 1. The Morgan fingerprint density at radius 1 is 1.09 bits per heavy atom. The molecule has 1 aliphatic rings. The zero-order chi connectivity index (χ0) is 16.2. The van der Waals surface area contributed by atoms with Crippen molar-refractivity contribution in [3.8, 4) is 11.5 Å². The van der Waals surface area contributed by atoms with E-state index in [-0.39, 0.29) is 6.10 Å².